The molecule has 0 spiro atoms. The number of halogens is 3. The molecule has 0 aliphatic rings. The topological polar surface area (TPSA) is 12.9 Å². The van der Waals surface area contributed by atoms with Gasteiger partial charge in [-0.15, -0.1) is 0 Å². The van der Waals surface area contributed by atoms with Gasteiger partial charge in [-0.25, -0.2) is 9.37 Å². The van der Waals surface area contributed by atoms with Crippen LogP contribution in [-0.4, -0.2) is 4.98 Å². The fourth-order valence-electron chi connectivity index (χ4n) is 2.21. The molecule has 1 heterocycles. The van der Waals surface area contributed by atoms with Gasteiger partial charge in [-0.2, -0.15) is 0 Å². The molecule has 0 saturated carbocycles. The van der Waals surface area contributed by atoms with Crippen molar-refractivity contribution >= 4 is 38.4 Å². The van der Waals surface area contributed by atoms with E-state index in [-0.39, 0.29) is 5.82 Å². The second kappa shape index (κ2) is 5.15. The van der Waals surface area contributed by atoms with Crippen molar-refractivity contribution in [3.05, 3.63) is 63.3 Å². The number of hydrogen-bond acceptors (Lipinski definition) is 1. The predicted octanol–water partition coefficient (Wildman–Crippen LogP) is 5.77. The van der Waals surface area contributed by atoms with Gasteiger partial charge in [0.2, 0.25) is 0 Å². The fraction of sp³-hybridized carbons (Fsp3) is 0.0625. The molecule has 0 atom stereocenters. The summed E-state index contributed by atoms with van der Waals surface area (Å²) in [7, 11) is 0. The maximum Gasteiger partial charge on any atom is 0.138 e. The molecule has 0 aliphatic heterocycles. The summed E-state index contributed by atoms with van der Waals surface area (Å²) < 4.78 is 14.1. The zero-order valence-corrected chi connectivity index (χ0v) is 13.0. The van der Waals surface area contributed by atoms with Crippen LogP contribution in [0.4, 0.5) is 4.39 Å². The lowest BCUT2D eigenvalue weighted by Crippen LogP contribution is -1.92. The number of aryl methyl sites for hydroxylation is 1. The molecule has 0 amide bonds. The second-order valence-corrected chi connectivity index (χ2v) is 5.77. The number of pyridine rings is 1. The molecule has 1 aromatic heterocycles. The Morgan fingerprint density at radius 2 is 1.85 bits per heavy atom. The summed E-state index contributed by atoms with van der Waals surface area (Å²) in [5.41, 5.74) is 3.24. The summed E-state index contributed by atoms with van der Waals surface area (Å²) in [6, 6.07) is 13.0. The summed E-state index contributed by atoms with van der Waals surface area (Å²) in [6.07, 6.45) is 0. The van der Waals surface area contributed by atoms with Crippen molar-refractivity contribution in [1.82, 2.24) is 4.98 Å². The minimum atomic E-state index is -0.328. The Labute approximate surface area is 129 Å². The van der Waals surface area contributed by atoms with Crippen LogP contribution in [0.3, 0.4) is 0 Å². The zero-order valence-electron chi connectivity index (χ0n) is 10.6. The smallest absolute Gasteiger partial charge is 0.138 e. The lowest BCUT2D eigenvalue weighted by Gasteiger charge is -2.10. The second-order valence-electron chi connectivity index (χ2n) is 4.57. The van der Waals surface area contributed by atoms with Gasteiger partial charge in [-0.3, -0.25) is 0 Å². The van der Waals surface area contributed by atoms with Gasteiger partial charge >= 0.3 is 0 Å². The minimum Gasteiger partial charge on any atom is -0.247 e. The minimum absolute atomic E-state index is 0.328. The summed E-state index contributed by atoms with van der Waals surface area (Å²) in [5, 5.41) is 1.10. The molecule has 0 N–H and O–H groups in total. The Morgan fingerprint density at radius 3 is 2.55 bits per heavy atom. The summed E-state index contributed by atoms with van der Waals surface area (Å²) in [4.78, 5) is 4.63. The quantitative estimate of drug-likeness (QED) is 0.543. The third-order valence-electron chi connectivity index (χ3n) is 3.19. The van der Waals surface area contributed by atoms with E-state index < -0.39 is 0 Å². The number of fused-ring (bicyclic) bond motifs is 1. The number of nitrogens with zero attached hydrogens (tertiary/aromatic N) is 1. The van der Waals surface area contributed by atoms with Crippen LogP contribution in [0, 0.1) is 12.7 Å². The maximum atomic E-state index is 13.8. The largest absolute Gasteiger partial charge is 0.247 e. The molecule has 0 fully saturated rings. The Balaban J connectivity index is 2.36. The molecule has 0 radical (unpaired) electrons. The fourth-order valence-corrected chi connectivity index (χ4v) is 3.12. The lowest BCUT2D eigenvalue weighted by atomic mass is 10.1. The Hall–Kier alpha value is -1.45. The van der Waals surface area contributed by atoms with E-state index in [4.69, 9.17) is 11.6 Å². The predicted molar refractivity (Wildman–Crippen MR) is 84.6 cm³/mol. The lowest BCUT2D eigenvalue weighted by molar-refractivity contribution is 0.622. The highest BCUT2D eigenvalue weighted by molar-refractivity contribution is 9.10. The molecule has 100 valence electrons. The van der Waals surface area contributed by atoms with E-state index in [0.29, 0.717) is 20.4 Å². The molecule has 3 aromatic rings. The van der Waals surface area contributed by atoms with Crippen LogP contribution >= 0.6 is 27.5 Å². The van der Waals surface area contributed by atoms with Crippen LogP contribution in [-0.2, 0) is 0 Å². The molecule has 0 aliphatic carbocycles. The van der Waals surface area contributed by atoms with Crippen molar-refractivity contribution in [1.29, 1.82) is 0 Å². The molecule has 1 nitrogen and oxygen atoms in total. The van der Waals surface area contributed by atoms with Crippen LogP contribution in [0.15, 0.2) is 46.9 Å². The molecular weight excluding hydrogens is 341 g/mol. The van der Waals surface area contributed by atoms with Crippen LogP contribution in [0.2, 0.25) is 5.02 Å². The van der Waals surface area contributed by atoms with Gasteiger partial charge in [0.25, 0.3) is 0 Å². The summed E-state index contributed by atoms with van der Waals surface area (Å²) in [6.45, 7) is 1.83. The first-order valence-corrected chi connectivity index (χ1v) is 7.25. The number of hydrogen-bond donors (Lipinski definition) is 0. The third kappa shape index (κ3) is 2.21. The van der Waals surface area contributed by atoms with Crippen molar-refractivity contribution in [3.63, 3.8) is 0 Å². The average molecular weight is 351 g/mol. The van der Waals surface area contributed by atoms with E-state index in [1.54, 1.807) is 6.07 Å². The van der Waals surface area contributed by atoms with Gasteiger partial charge in [0.15, 0.2) is 0 Å². The van der Waals surface area contributed by atoms with Crippen molar-refractivity contribution in [2.45, 2.75) is 6.92 Å². The van der Waals surface area contributed by atoms with Gasteiger partial charge in [-0.05, 0) is 40.5 Å². The maximum absolute atomic E-state index is 13.8. The van der Waals surface area contributed by atoms with Gasteiger partial charge < -0.3 is 0 Å². The van der Waals surface area contributed by atoms with Crippen molar-refractivity contribution in [3.8, 4) is 11.3 Å². The average Bonchev–Trinajstić information content (AvgIpc) is 2.45. The molecule has 0 saturated heterocycles. The number of rotatable bonds is 1. The van der Waals surface area contributed by atoms with Crippen LogP contribution in [0.5, 0.6) is 0 Å². The highest BCUT2D eigenvalue weighted by atomic mass is 79.9. The Kier molecular flexibility index (Phi) is 3.48. The van der Waals surface area contributed by atoms with E-state index in [0.717, 1.165) is 16.8 Å². The van der Waals surface area contributed by atoms with Crippen molar-refractivity contribution in [2.24, 2.45) is 0 Å². The van der Waals surface area contributed by atoms with Crippen LogP contribution in [0.1, 0.15) is 5.56 Å². The van der Waals surface area contributed by atoms with Gasteiger partial charge in [0, 0.05) is 10.9 Å². The van der Waals surface area contributed by atoms with E-state index >= 15 is 0 Å². The summed E-state index contributed by atoms with van der Waals surface area (Å²) in [5.74, 6) is -0.328. The summed E-state index contributed by atoms with van der Waals surface area (Å²) >= 11 is 9.57. The van der Waals surface area contributed by atoms with Crippen molar-refractivity contribution in [2.75, 3.05) is 0 Å². The molecule has 0 bridgehead atoms. The van der Waals surface area contributed by atoms with E-state index in [2.05, 4.69) is 20.9 Å². The first-order chi connectivity index (χ1) is 9.58. The SMILES string of the molecule is Cc1cc(F)c(Br)c2c(Cl)cc(-c3ccccc3)nc12. The van der Waals surface area contributed by atoms with Crippen LogP contribution < -0.4 is 0 Å². The van der Waals surface area contributed by atoms with Crippen LogP contribution in [0.25, 0.3) is 22.2 Å². The molecule has 3 rings (SSSR count). The molecule has 4 heteroatoms. The molecule has 2 aromatic carbocycles. The normalized spacial score (nSPS) is 11.0. The van der Waals surface area contributed by atoms with Gasteiger partial charge in [0.05, 0.1) is 20.7 Å². The molecular formula is C16H10BrClFN. The van der Waals surface area contributed by atoms with Gasteiger partial charge in [0.1, 0.15) is 5.82 Å². The highest BCUT2D eigenvalue weighted by Crippen LogP contribution is 2.36. The number of benzene rings is 2. The zero-order chi connectivity index (χ0) is 14.3. The third-order valence-corrected chi connectivity index (χ3v) is 4.26. The first-order valence-electron chi connectivity index (χ1n) is 6.08. The van der Waals surface area contributed by atoms with E-state index in [1.807, 2.05) is 37.3 Å². The van der Waals surface area contributed by atoms with E-state index in [9.17, 15) is 4.39 Å². The highest BCUT2D eigenvalue weighted by Gasteiger charge is 2.14. The number of aromatic nitrogens is 1. The molecule has 20 heavy (non-hydrogen) atoms. The monoisotopic (exact) mass is 349 g/mol. The standard InChI is InChI=1S/C16H10BrClFN/c1-9-7-12(19)15(17)14-11(18)8-13(20-16(9)14)10-5-3-2-4-6-10/h2-8H,1H3. The first kappa shape index (κ1) is 13.5. The van der Waals surface area contributed by atoms with E-state index in [1.165, 1.54) is 6.07 Å². The Morgan fingerprint density at radius 1 is 1.15 bits per heavy atom. The molecule has 0 unspecified atom stereocenters. The van der Waals surface area contributed by atoms with Crippen molar-refractivity contribution < 1.29 is 4.39 Å². The van der Waals surface area contributed by atoms with Gasteiger partial charge in [-0.1, -0.05) is 41.9 Å². The Bertz CT molecular complexity index is 803.